The van der Waals surface area contributed by atoms with Crippen molar-refractivity contribution in [1.29, 1.82) is 5.26 Å². The van der Waals surface area contributed by atoms with Gasteiger partial charge in [-0.1, -0.05) is 56.3 Å². The molecule has 0 aliphatic rings. The van der Waals surface area contributed by atoms with Crippen LogP contribution in [0.1, 0.15) is 30.6 Å². The fourth-order valence-electron chi connectivity index (χ4n) is 3.58. The molecule has 0 fully saturated rings. The molecule has 1 atom stereocenters. The Bertz CT molecular complexity index is 1360. The molecule has 0 saturated carbocycles. The minimum atomic E-state index is -3.93. The summed E-state index contributed by atoms with van der Waals surface area (Å²) in [5.41, 5.74) is 0.390. The summed E-state index contributed by atoms with van der Waals surface area (Å²) < 4.78 is 28.7. The van der Waals surface area contributed by atoms with Gasteiger partial charge in [-0.3, -0.25) is 19.2 Å². The van der Waals surface area contributed by atoms with Crippen molar-refractivity contribution in [3.63, 3.8) is 0 Å². The van der Waals surface area contributed by atoms with Crippen molar-refractivity contribution in [3.05, 3.63) is 72.3 Å². The maximum atomic E-state index is 13.1. The Labute approximate surface area is 199 Å². The highest BCUT2D eigenvalue weighted by Gasteiger charge is 2.26. The Morgan fingerprint density at radius 3 is 2.41 bits per heavy atom. The molecule has 0 saturated heterocycles. The lowest BCUT2D eigenvalue weighted by Crippen LogP contribution is -2.46. The largest absolute Gasteiger partial charge is 0.340 e. The Hall–Kier alpha value is -3.90. The predicted molar refractivity (Wildman–Crippen MR) is 130 cm³/mol. The van der Waals surface area contributed by atoms with Gasteiger partial charge in [-0.05, 0) is 42.0 Å². The molecule has 2 N–H and O–H groups in total. The van der Waals surface area contributed by atoms with Gasteiger partial charge in [-0.2, -0.15) is 5.26 Å². The second-order valence-corrected chi connectivity index (χ2v) is 9.97. The van der Waals surface area contributed by atoms with E-state index in [1.54, 1.807) is 36.5 Å². The van der Waals surface area contributed by atoms with Crippen LogP contribution in [0.5, 0.6) is 0 Å². The molecule has 0 aromatic heterocycles. The van der Waals surface area contributed by atoms with Crippen molar-refractivity contribution in [2.24, 2.45) is 5.92 Å². The zero-order valence-electron chi connectivity index (χ0n) is 19.1. The van der Waals surface area contributed by atoms with Crippen LogP contribution in [-0.2, 0) is 14.8 Å². The molecule has 3 aromatic rings. The molecule has 1 unspecified atom stereocenters. The quantitative estimate of drug-likeness (QED) is 0.378. The van der Waals surface area contributed by atoms with E-state index in [2.05, 4.69) is 10.0 Å². The molecule has 176 valence electrons. The number of likely N-dealkylation sites (N-methyl/N-ethyl adjacent to an activating group) is 1. The minimum Gasteiger partial charge on any atom is -0.340 e. The third-order valence-corrected chi connectivity index (χ3v) is 6.65. The van der Waals surface area contributed by atoms with Gasteiger partial charge in [0.15, 0.2) is 6.19 Å². The lowest BCUT2D eigenvalue weighted by molar-refractivity contribution is -0.129. The SMILES string of the molecule is CC(C)CC(NC(=O)c1cccc(NS(=O)(=O)c2cccc3ccccc23)c1)C(=O)N(C)C#N. The van der Waals surface area contributed by atoms with Gasteiger partial charge in [0, 0.05) is 23.7 Å². The summed E-state index contributed by atoms with van der Waals surface area (Å²) in [6.07, 6.45) is 2.10. The first-order valence-electron chi connectivity index (χ1n) is 10.7. The van der Waals surface area contributed by atoms with Crippen molar-refractivity contribution in [2.45, 2.75) is 31.2 Å². The zero-order valence-corrected chi connectivity index (χ0v) is 20.0. The lowest BCUT2D eigenvalue weighted by Gasteiger charge is -2.21. The van der Waals surface area contributed by atoms with Gasteiger partial charge in [0.25, 0.3) is 21.8 Å². The lowest BCUT2D eigenvalue weighted by atomic mass is 10.0. The number of nitriles is 1. The average molecular weight is 479 g/mol. The molecular weight excluding hydrogens is 452 g/mol. The van der Waals surface area contributed by atoms with Crippen molar-refractivity contribution in [1.82, 2.24) is 10.2 Å². The van der Waals surface area contributed by atoms with Crippen molar-refractivity contribution >= 4 is 38.3 Å². The van der Waals surface area contributed by atoms with Gasteiger partial charge in [-0.15, -0.1) is 0 Å². The monoisotopic (exact) mass is 478 g/mol. The molecule has 0 heterocycles. The third kappa shape index (κ3) is 5.71. The number of carbonyl (C=O) groups is 2. The molecule has 0 bridgehead atoms. The minimum absolute atomic E-state index is 0.0974. The first-order valence-corrected chi connectivity index (χ1v) is 12.2. The first kappa shape index (κ1) is 24.7. The summed E-state index contributed by atoms with van der Waals surface area (Å²) in [6.45, 7) is 3.81. The molecule has 0 spiro atoms. The van der Waals surface area contributed by atoms with E-state index in [0.717, 1.165) is 10.3 Å². The summed E-state index contributed by atoms with van der Waals surface area (Å²) in [5, 5.41) is 13.1. The standard InChI is InChI=1S/C25H26N4O4S/c1-17(2)14-22(25(31)29(3)16-26)27-24(30)19-10-6-11-20(15-19)28-34(32,33)23-13-7-9-18-8-4-5-12-21(18)23/h4-13,15,17,22,28H,14H2,1-3H3,(H,27,30). The van der Waals surface area contributed by atoms with Gasteiger partial charge in [0.05, 0.1) is 4.90 Å². The number of carbonyl (C=O) groups excluding carboxylic acids is 2. The second-order valence-electron chi connectivity index (χ2n) is 8.32. The molecule has 9 heteroatoms. The van der Waals surface area contributed by atoms with Crippen LogP contribution in [0.2, 0.25) is 0 Å². The van der Waals surface area contributed by atoms with Crippen LogP contribution in [0.3, 0.4) is 0 Å². The highest BCUT2D eigenvalue weighted by molar-refractivity contribution is 7.93. The number of fused-ring (bicyclic) bond motifs is 1. The molecule has 0 aliphatic heterocycles. The molecule has 3 aromatic carbocycles. The van der Waals surface area contributed by atoms with E-state index in [1.807, 2.05) is 32.0 Å². The van der Waals surface area contributed by atoms with E-state index in [9.17, 15) is 18.0 Å². The van der Waals surface area contributed by atoms with Crippen LogP contribution in [0.25, 0.3) is 10.8 Å². The van der Waals surface area contributed by atoms with Crippen molar-refractivity contribution in [3.8, 4) is 6.19 Å². The Morgan fingerprint density at radius 2 is 1.71 bits per heavy atom. The number of hydrogen-bond acceptors (Lipinski definition) is 5. The van der Waals surface area contributed by atoms with E-state index < -0.39 is 27.9 Å². The average Bonchev–Trinajstić information content (AvgIpc) is 2.81. The molecule has 0 aliphatic carbocycles. The zero-order chi connectivity index (χ0) is 24.9. The Morgan fingerprint density at radius 1 is 1.03 bits per heavy atom. The number of nitrogens with zero attached hydrogens (tertiary/aromatic N) is 2. The van der Waals surface area contributed by atoms with Crippen LogP contribution < -0.4 is 10.0 Å². The molecule has 2 amide bonds. The third-order valence-electron chi connectivity index (χ3n) is 5.21. The predicted octanol–water partition coefficient (Wildman–Crippen LogP) is 3.72. The van der Waals surface area contributed by atoms with E-state index in [1.165, 1.54) is 25.2 Å². The van der Waals surface area contributed by atoms with Gasteiger partial charge in [-0.25, -0.2) is 8.42 Å². The maximum absolute atomic E-state index is 13.1. The molecule has 34 heavy (non-hydrogen) atoms. The summed E-state index contributed by atoms with van der Waals surface area (Å²) in [6, 6.07) is 17.3. The van der Waals surface area contributed by atoms with Crippen molar-refractivity contribution in [2.75, 3.05) is 11.8 Å². The number of rotatable bonds is 8. The number of sulfonamides is 1. The van der Waals surface area contributed by atoms with Crippen LogP contribution in [0, 0.1) is 17.4 Å². The highest BCUT2D eigenvalue weighted by atomic mass is 32.2. The normalized spacial score (nSPS) is 12.1. The van der Waals surface area contributed by atoms with Gasteiger partial charge >= 0.3 is 0 Å². The summed E-state index contributed by atoms with van der Waals surface area (Å²) in [5.74, 6) is -0.964. The summed E-state index contributed by atoms with van der Waals surface area (Å²) in [7, 11) is -2.59. The van der Waals surface area contributed by atoms with Crippen LogP contribution in [-0.4, -0.2) is 38.2 Å². The summed E-state index contributed by atoms with van der Waals surface area (Å²) >= 11 is 0. The number of benzene rings is 3. The Balaban J connectivity index is 1.84. The fraction of sp³-hybridized carbons (Fsp3) is 0.240. The van der Waals surface area contributed by atoms with E-state index >= 15 is 0 Å². The number of anilines is 1. The summed E-state index contributed by atoms with van der Waals surface area (Å²) in [4.78, 5) is 26.4. The molecule has 0 radical (unpaired) electrons. The topological polar surface area (TPSA) is 119 Å². The van der Waals surface area contributed by atoms with Crippen LogP contribution >= 0.6 is 0 Å². The molecule has 3 rings (SSSR count). The Kier molecular flexibility index (Phi) is 7.54. The van der Waals surface area contributed by atoms with Gasteiger partial charge in [0.1, 0.15) is 6.04 Å². The van der Waals surface area contributed by atoms with Gasteiger partial charge < -0.3 is 5.32 Å². The van der Waals surface area contributed by atoms with Gasteiger partial charge in [0.2, 0.25) is 0 Å². The second kappa shape index (κ2) is 10.4. The smallest absolute Gasteiger partial charge is 0.262 e. The van der Waals surface area contributed by atoms with E-state index in [-0.39, 0.29) is 22.1 Å². The maximum Gasteiger partial charge on any atom is 0.262 e. The van der Waals surface area contributed by atoms with Crippen molar-refractivity contribution < 1.29 is 18.0 Å². The number of hydrogen-bond donors (Lipinski definition) is 2. The van der Waals surface area contributed by atoms with E-state index in [4.69, 9.17) is 5.26 Å². The van der Waals surface area contributed by atoms with E-state index in [0.29, 0.717) is 11.8 Å². The molecule has 8 nitrogen and oxygen atoms in total. The number of amides is 2. The fourth-order valence-corrected chi connectivity index (χ4v) is 4.86. The van der Waals surface area contributed by atoms with Crippen LogP contribution in [0.15, 0.2) is 71.6 Å². The molecular formula is C25H26N4O4S. The number of nitrogens with one attached hydrogen (secondary N) is 2. The highest BCUT2D eigenvalue weighted by Crippen LogP contribution is 2.25. The first-order chi connectivity index (χ1) is 16.1. The van der Waals surface area contributed by atoms with Crippen LogP contribution in [0.4, 0.5) is 5.69 Å².